The molecule has 1 saturated heterocycles. The molecule has 0 bridgehead atoms. The van der Waals surface area contributed by atoms with Crippen molar-refractivity contribution in [2.45, 2.75) is 31.3 Å². The van der Waals surface area contributed by atoms with Crippen molar-refractivity contribution in [3.05, 3.63) is 59.9 Å². The van der Waals surface area contributed by atoms with E-state index in [1.807, 2.05) is 73.5 Å². The van der Waals surface area contributed by atoms with Crippen LogP contribution in [0.5, 0.6) is 0 Å². The van der Waals surface area contributed by atoms with Crippen LogP contribution >= 0.6 is 11.8 Å². The molecule has 184 valence electrons. The molecule has 1 aliphatic heterocycles. The van der Waals surface area contributed by atoms with Crippen LogP contribution in [0.25, 0.3) is 10.9 Å². The smallest absolute Gasteiger partial charge is 0.253 e. The molecule has 0 aliphatic carbocycles. The summed E-state index contributed by atoms with van der Waals surface area (Å²) in [6.45, 7) is 7.24. The van der Waals surface area contributed by atoms with Gasteiger partial charge < -0.3 is 16.0 Å². The Bertz CT molecular complexity index is 1190. The minimum absolute atomic E-state index is 0.0206. The number of nitrogens with one attached hydrogen (secondary N) is 1. The van der Waals surface area contributed by atoms with E-state index in [9.17, 15) is 9.59 Å². The Morgan fingerprint density at radius 2 is 1.71 bits per heavy atom. The lowest BCUT2D eigenvalue weighted by Gasteiger charge is -2.34. The maximum Gasteiger partial charge on any atom is 0.253 e. The second kappa shape index (κ2) is 11.0. The van der Waals surface area contributed by atoms with Crippen molar-refractivity contribution in [2.75, 3.05) is 37.8 Å². The number of hydrogen-bond donors (Lipinski definition) is 2. The highest BCUT2D eigenvalue weighted by Gasteiger charge is 2.24. The lowest BCUT2D eigenvalue weighted by molar-refractivity contribution is -0.119. The molecule has 8 nitrogen and oxygen atoms in total. The molecule has 3 N–H and O–H groups in total. The Kier molecular flexibility index (Phi) is 7.87. The van der Waals surface area contributed by atoms with Gasteiger partial charge in [0.1, 0.15) is 17.7 Å². The first-order valence-electron chi connectivity index (χ1n) is 11.8. The molecule has 1 aliphatic rings. The van der Waals surface area contributed by atoms with E-state index in [-0.39, 0.29) is 11.8 Å². The predicted octanol–water partition coefficient (Wildman–Crippen LogP) is 3.23. The topological polar surface area (TPSA) is 104 Å². The van der Waals surface area contributed by atoms with Crippen LogP contribution in [0.2, 0.25) is 0 Å². The Balaban J connectivity index is 1.45. The van der Waals surface area contributed by atoms with Crippen molar-refractivity contribution < 1.29 is 9.59 Å². The van der Waals surface area contributed by atoms with Crippen LogP contribution in [0.15, 0.2) is 53.4 Å². The molecule has 35 heavy (non-hydrogen) atoms. The van der Waals surface area contributed by atoms with Crippen LogP contribution in [-0.4, -0.2) is 70.1 Å². The van der Waals surface area contributed by atoms with Gasteiger partial charge in [0.15, 0.2) is 0 Å². The van der Waals surface area contributed by atoms with Crippen molar-refractivity contribution in [1.82, 2.24) is 19.8 Å². The van der Waals surface area contributed by atoms with E-state index >= 15 is 0 Å². The highest BCUT2D eigenvalue weighted by Crippen LogP contribution is 2.23. The number of rotatable bonds is 8. The Morgan fingerprint density at radius 1 is 1.03 bits per heavy atom. The largest absolute Gasteiger partial charge is 0.368 e. The van der Waals surface area contributed by atoms with E-state index in [1.54, 1.807) is 11.8 Å². The molecule has 0 saturated carbocycles. The van der Waals surface area contributed by atoms with Crippen LogP contribution in [0.1, 0.15) is 30.0 Å². The first-order chi connectivity index (χ1) is 16.9. The maximum absolute atomic E-state index is 12.9. The van der Waals surface area contributed by atoms with Gasteiger partial charge in [-0.3, -0.25) is 14.5 Å². The Morgan fingerprint density at radius 3 is 2.34 bits per heavy atom. The van der Waals surface area contributed by atoms with Crippen LogP contribution in [0.3, 0.4) is 0 Å². The van der Waals surface area contributed by atoms with Crippen LogP contribution in [-0.2, 0) is 11.3 Å². The zero-order valence-corrected chi connectivity index (χ0v) is 21.2. The van der Waals surface area contributed by atoms with Gasteiger partial charge >= 0.3 is 0 Å². The number of primary amides is 1. The van der Waals surface area contributed by atoms with Crippen LogP contribution in [0, 0.1) is 5.92 Å². The van der Waals surface area contributed by atoms with Crippen molar-refractivity contribution in [3.63, 3.8) is 0 Å². The highest BCUT2D eigenvalue weighted by atomic mass is 32.2. The molecule has 3 aromatic rings. The van der Waals surface area contributed by atoms with Crippen LogP contribution in [0.4, 0.5) is 5.82 Å². The summed E-state index contributed by atoms with van der Waals surface area (Å²) in [6.07, 6.45) is 2.02. The van der Waals surface area contributed by atoms with E-state index in [4.69, 9.17) is 15.7 Å². The second-order valence-electron chi connectivity index (χ2n) is 9.07. The monoisotopic (exact) mass is 492 g/mol. The lowest BCUT2D eigenvalue weighted by Crippen LogP contribution is -2.48. The number of nitrogens with zero attached hydrogens (tertiary/aromatic N) is 4. The van der Waals surface area contributed by atoms with Gasteiger partial charge in [0.2, 0.25) is 5.91 Å². The molecule has 0 spiro atoms. The lowest BCUT2D eigenvalue weighted by atomic mass is 10.0. The number of aromatic nitrogens is 2. The number of hydrogen-bond acceptors (Lipinski definition) is 7. The summed E-state index contributed by atoms with van der Waals surface area (Å²) < 4.78 is 0. The molecule has 9 heteroatoms. The first-order valence-corrected chi connectivity index (χ1v) is 13.1. The van der Waals surface area contributed by atoms with Crippen LogP contribution < -0.4 is 11.1 Å². The minimum atomic E-state index is -0.527. The van der Waals surface area contributed by atoms with Gasteiger partial charge in [0, 0.05) is 42.0 Å². The SMILES string of the molecule is CSc1ccc(C(=O)N2CCN(Cc3nc(N[C@H](C(N)=O)C(C)C)c4ccccc4n3)CC2)cc1. The molecule has 0 radical (unpaired) electrons. The molecule has 1 fully saturated rings. The number of para-hydroxylation sites is 1. The zero-order chi connectivity index (χ0) is 24.9. The van der Waals surface area contributed by atoms with Gasteiger partial charge in [-0.1, -0.05) is 26.0 Å². The normalized spacial score (nSPS) is 15.4. The van der Waals surface area contributed by atoms with E-state index in [0.29, 0.717) is 31.3 Å². The first kappa shape index (κ1) is 24.9. The van der Waals surface area contributed by atoms with Gasteiger partial charge in [-0.05, 0) is 48.6 Å². The molecule has 2 aromatic carbocycles. The number of carbonyl (C=O) groups excluding carboxylic acids is 2. The minimum Gasteiger partial charge on any atom is -0.368 e. The maximum atomic E-state index is 12.9. The molecule has 1 aromatic heterocycles. The van der Waals surface area contributed by atoms with Gasteiger partial charge in [0.05, 0.1) is 12.1 Å². The molecular formula is C26H32N6O2S. The quantitative estimate of drug-likeness (QED) is 0.465. The average molecular weight is 493 g/mol. The highest BCUT2D eigenvalue weighted by molar-refractivity contribution is 7.98. The number of nitrogens with two attached hydrogens (primary N) is 1. The van der Waals surface area contributed by atoms with Gasteiger partial charge in [-0.15, -0.1) is 11.8 Å². The van der Waals surface area contributed by atoms with Crippen molar-refractivity contribution in [2.24, 2.45) is 11.7 Å². The molecule has 4 rings (SSSR count). The van der Waals surface area contributed by atoms with E-state index < -0.39 is 11.9 Å². The van der Waals surface area contributed by atoms with Crippen molar-refractivity contribution in [1.29, 1.82) is 0 Å². The predicted molar refractivity (Wildman–Crippen MR) is 140 cm³/mol. The fraction of sp³-hybridized carbons (Fsp3) is 0.385. The Hall–Kier alpha value is -3.17. The van der Waals surface area contributed by atoms with Gasteiger partial charge in [0.25, 0.3) is 5.91 Å². The van der Waals surface area contributed by atoms with Gasteiger partial charge in [-0.25, -0.2) is 9.97 Å². The third kappa shape index (κ3) is 5.91. The summed E-state index contributed by atoms with van der Waals surface area (Å²) in [6, 6.07) is 15.0. The number of thioether (sulfide) groups is 1. The fourth-order valence-corrected chi connectivity index (χ4v) is 4.65. The number of fused-ring (bicyclic) bond motifs is 1. The number of carbonyl (C=O) groups is 2. The summed E-state index contributed by atoms with van der Waals surface area (Å²) in [5.41, 5.74) is 7.16. The number of anilines is 1. The summed E-state index contributed by atoms with van der Waals surface area (Å²) in [7, 11) is 0. The molecule has 0 unspecified atom stereocenters. The molecule has 2 amide bonds. The zero-order valence-electron chi connectivity index (χ0n) is 20.4. The van der Waals surface area contributed by atoms with E-state index in [2.05, 4.69) is 10.2 Å². The average Bonchev–Trinajstić information content (AvgIpc) is 2.87. The van der Waals surface area contributed by atoms with E-state index in [1.165, 1.54) is 0 Å². The third-order valence-electron chi connectivity index (χ3n) is 6.28. The number of benzene rings is 2. The van der Waals surface area contributed by atoms with Crippen molar-refractivity contribution >= 4 is 40.3 Å². The summed E-state index contributed by atoms with van der Waals surface area (Å²) >= 11 is 1.66. The molecule has 1 atom stereocenters. The summed E-state index contributed by atoms with van der Waals surface area (Å²) in [4.78, 5) is 39.7. The summed E-state index contributed by atoms with van der Waals surface area (Å²) in [5.74, 6) is 0.966. The number of piperazine rings is 1. The molecular weight excluding hydrogens is 460 g/mol. The van der Waals surface area contributed by atoms with Gasteiger partial charge in [-0.2, -0.15) is 0 Å². The summed E-state index contributed by atoms with van der Waals surface area (Å²) in [5, 5.41) is 4.10. The fourth-order valence-electron chi connectivity index (χ4n) is 4.24. The second-order valence-corrected chi connectivity index (χ2v) is 9.95. The Labute approximate surface area is 210 Å². The third-order valence-corrected chi connectivity index (χ3v) is 7.02. The molecule has 2 heterocycles. The standard InChI is InChI=1S/C26H32N6O2S/c1-17(2)23(24(27)33)30-25-20-6-4-5-7-21(20)28-22(29-25)16-31-12-14-32(15-13-31)26(34)18-8-10-19(35-3)11-9-18/h4-11,17,23H,12-16H2,1-3H3,(H2,27,33)(H,28,29,30)/t23-/m0/s1. The van der Waals surface area contributed by atoms with E-state index in [0.717, 1.165) is 34.5 Å². The number of amides is 2. The van der Waals surface area contributed by atoms with Crippen molar-refractivity contribution in [3.8, 4) is 0 Å².